The van der Waals surface area contributed by atoms with E-state index in [4.69, 9.17) is 20.8 Å². The summed E-state index contributed by atoms with van der Waals surface area (Å²) in [5.74, 6) is -0.283. The zero-order valence-corrected chi connectivity index (χ0v) is 18.1. The van der Waals surface area contributed by atoms with Crippen molar-refractivity contribution in [1.82, 2.24) is 9.80 Å². The maximum atomic E-state index is 13.2. The number of carbonyl (C=O) groups excluding carboxylic acids is 2. The number of halogens is 2. The van der Waals surface area contributed by atoms with Crippen LogP contribution in [-0.2, 0) is 27.4 Å². The maximum absolute atomic E-state index is 13.2. The van der Waals surface area contributed by atoms with E-state index in [0.717, 1.165) is 5.56 Å². The molecule has 1 heterocycles. The van der Waals surface area contributed by atoms with Gasteiger partial charge in [0.05, 0.1) is 19.4 Å². The number of hydrogen-bond acceptors (Lipinski definition) is 4. The van der Waals surface area contributed by atoms with E-state index in [0.29, 0.717) is 31.9 Å². The number of amides is 2. The van der Waals surface area contributed by atoms with Crippen LogP contribution in [0.4, 0.5) is 4.39 Å². The number of hydrogen-bond donors (Lipinski definition) is 0. The fourth-order valence-electron chi connectivity index (χ4n) is 2.92. The summed E-state index contributed by atoms with van der Waals surface area (Å²) < 4.78 is 23.9. The minimum atomic E-state index is -0.736. The van der Waals surface area contributed by atoms with Crippen molar-refractivity contribution in [2.24, 2.45) is 0 Å². The van der Waals surface area contributed by atoms with Crippen LogP contribution in [0.5, 0.6) is 0 Å². The van der Waals surface area contributed by atoms with Crippen molar-refractivity contribution >= 4 is 23.4 Å². The molecule has 0 bridgehead atoms. The molecule has 0 unspecified atom stereocenters. The van der Waals surface area contributed by atoms with Crippen LogP contribution in [0.15, 0.2) is 47.1 Å². The summed E-state index contributed by atoms with van der Waals surface area (Å²) in [7, 11) is 0. The van der Waals surface area contributed by atoms with Gasteiger partial charge in [-0.3, -0.25) is 9.59 Å². The Hall–Kier alpha value is -2.38. The van der Waals surface area contributed by atoms with Gasteiger partial charge in [0.15, 0.2) is 0 Å². The first-order valence-electron chi connectivity index (χ1n) is 9.96. The van der Waals surface area contributed by atoms with Crippen molar-refractivity contribution in [3.05, 3.63) is 59.8 Å². The summed E-state index contributed by atoms with van der Waals surface area (Å²) in [6, 6.07) is 9.48. The Morgan fingerprint density at radius 3 is 2.50 bits per heavy atom. The van der Waals surface area contributed by atoms with Crippen molar-refractivity contribution in [2.75, 3.05) is 26.3 Å². The highest BCUT2D eigenvalue weighted by atomic mass is 35.5. The molecule has 0 aliphatic heterocycles. The van der Waals surface area contributed by atoms with Crippen molar-refractivity contribution < 1.29 is 23.1 Å². The predicted molar refractivity (Wildman–Crippen MR) is 112 cm³/mol. The fourth-order valence-corrected chi connectivity index (χ4v) is 3.05. The van der Waals surface area contributed by atoms with E-state index in [2.05, 4.69) is 0 Å². The van der Waals surface area contributed by atoms with Gasteiger partial charge < -0.3 is 19.0 Å². The second kappa shape index (κ2) is 12.3. The molecule has 0 saturated carbocycles. The molecule has 0 aliphatic carbocycles. The van der Waals surface area contributed by atoms with Crippen LogP contribution in [0.3, 0.4) is 0 Å². The van der Waals surface area contributed by atoms with Crippen LogP contribution in [0.1, 0.15) is 31.6 Å². The summed E-state index contributed by atoms with van der Waals surface area (Å²) in [5.41, 5.74) is 0.774. The molecule has 2 amide bonds. The highest BCUT2D eigenvalue weighted by molar-refractivity contribution is 6.30. The minimum Gasteiger partial charge on any atom is -0.467 e. The van der Waals surface area contributed by atoms with Crippen LogP contribution >= 0.6 is 11.6 Å². The van der Waals surface area contributed by atoms with E-state index in [1.54, 1.807) is 36.1 Å². The molecular formula is C22H28ClFN2O4. The van der Waals surface area contributed by atoms with E-state index in [1.165, 1.54) is 23.3 Å². The molecule has 2 aromatic rings. The molecule has 6 nitrogen and oxygen atoms in total. The molecule has 0 aliphatic rings. The SMILES string of the molecule is CCOCCCN(CC(=O)N(Cc1ccc(F)cc1)Cc1ccco1)C(=O)[C@H](C)Cl. The Bertz CT molecular complexity index is 781. The zero-order valence-electron chi connectivity index (χ0n) is 17.4. The lowest BCUT2D eigenvalue weighted by atomic mass is 10.2. The predicted octanol–water partition coefficient (Wildman–Crippen LogP) is 3.83. The molecule has 0 spiro atoms. The molecule has 0 saturated heterocycles. The molecule has 1 aromatic heterocycles. The third-order valence-corrected chi connectivity index (χ3v) is 4.65. The zero-order chi connectivity index (χ0) is 21.9. The molecule has 1 atom stereocenters. The molecule has 164 valence electrons. The topological polar surface area (TPSA) is 63.0 Å². The Labute approximate surface area is 181 Å². The van der Waals surface area contributed by atoms with Crippen molar-refractivity contribution in [3.8, 4) is 0 Å². The summed E-state index contributed by atoms with van der Waals surface area (Å²) >= 11 is 5.99. The van der Waals surface area contributed by atoms with E-state index < -0.39 is 5.38 Å². The number of ether oxygens (including phenoxy) is 1. The Kier molecular flexibility index (Phi) is 9.83. The van der Waals surface area contributed by atoms with Crippen molar-refractivity contribution in [1.29, 1.82) is 0 Å². The lowest BCUT2D eigenvalue weighted by Gasteiger charge is -2.28. The normalized spacial score (nSPS) is 11.9. The first-order valence-corrected chi connectivity index (χ1v) is 10.4. The van der Waals surface area contributed by atoms with Gasteiger partial charge in [0, 0.05) is 26.3 Å². The lowest BCUT2D eigenvalue weighted by molar-refractivity contribution is -0.141. The molecule has 30 heavy (non-hydrogen) atoms. The van der Waals surface area contributed by atoms with E-state index in [-0.39, 0.29) is 37.3 Å². The molecule has 1 aromatic carbocycles. The summed E-state index contributed by atoms with van der Waals surface area (Å²) in [5, 5.41) is -0.736. The largest absolute Gasteiger partial charge is 0.467 e. The van der Waals surface area contributed by atoms with Gasteiger partial charge in [0.2, 0.25) is 11.8 Å². The Morgan fingerprint density at radius 2 is 1.90 bits per heavy atom. The smallest absolute Gasteiger partial charge is 0.242 e. The number of carbonyl (C=O) groups is 2. The van der Waals surface area contributed by atoms with Gasteiger partial charge in [-0.25, -0.2) is 4.39 Å². The number of nitrogens with zero attached hydrogens (tertiary/aromatic N) is 2. The van der Waals surface area contributed by atoms with Crippen LogP contribution in [0.25, 0.3) is 0 Å². The highest BCUT2D eigenvalue weighted by Gasteiger charge is 2.24. The first kappa shape index (κ1) is 23.9. The quantitative estimate of drug-likeness (QED) is 0.373. The molecule has 0 radical (unpaired) electrons. The maximum Gasteiger partial charge on any atom is 0.242 e. The van der Waals surface area contributed by atoms with Gasteiger partial charge >= 0.3 is 0 Å². The van der Waals surface area contributed by atoms with Crippen LogP contribution in [-0.4, -0.2) is 53.3 Å². The Morgan fingerprint density at radius 1 is 1.17 bits per heavy atom. The number of rotatable bonds is 12. The summed E-state index contributed by atoms with van der Waals surface area (Å²) in [6.45, 7) is 5.33. The molecule has 0 N–H and O–H groups in total. The standard InChI is InChI=1S/C22H28ClFN2O4/c1-3-29-12-5-11-25(22(28)17(2)23)16-21(27)26(15-20-6-4-13-30-20)14-18-7-9-19(24)10-8-18/h4,6-10,13,17H,3,5,11-12,14-16H2,1-2H3/t17-/m0/s1. The van der Waals surface area contributed by atoms with Gasteiger partial charge in [0.1, 0.15) is 17.0 Å². The Balaban J connectivity index is 2.11. The minimum absolute atomic E-state index is 0.107. The van der Waals surface area contributed by atoms with E-state index in [9.17, 15) is 14.0 Å². The van der Waals surface area contributed by atoms with E-state index in [1.807, 2.05) is 6.92 Å². The average Bonchev–Trinajstić information content (AvgIpc) is 3.23. The van der Waals surface area contributed by atoms with Gasteiger partial charge in [0.25, 0.3) is 0 Å². The lowest BCUT2D eigenvalue weighted by Crippen LogP contribution is -2.45. The second-order valence-electron chi connectivity index (χ2n) is 6.88. The number of benzene rings is 1. The van der Waals surface area contributed by atoms with E-state index >= 15 is 0 Å². The van der Waals surface area contributed by atoms with Gasteiger partial charge in [-0.15, -0.1) is 11.6 Å². The number of furan rings is 1. The van der Waals surface area contributed by atoms with Gasteiger partial charge in [-0.05, 0) is 50.1 Å². The van der Waals surface area contributed by atoms with Crippen LogP contribution in [0, 0.1) is 5.82 Å². The van der Waals surface area contributed by atoms with Crippen LogP contribution in [0.2, 0.25) is 0 Å². The monoisotopic (exact) mass is 438 g/mol. The van der Waals surface area contributed by atoms with Gasteiger partial charge in [-0.1, -0.05) is 12.1 Å². The summed E-state index contributed by atoms with van der Waals surface area (Å²) in [4.78, 5) is 28.6. The van der Waals surface area contributed by atoms with Crippen LogP contribution < -0.4 is 0 Å². The molecule has 0 fully saturated rings. The number of alkyl halides is 1. The molecule has 2 rings (SSSR count). The third kappa shape index (κ3) is 7.80. The molecular weight excluding hydrogens is 411 g/mol. The van der Waals surface area contributed by atoms with Gasteiger partial charge in [-0.2, -0.15) is 0 Å². The third-order valence-electron chi connectivity index (χ3n) is 4.47. The van der Waals surface area contributed by atoms with Crippen molar-refractivity contribution in [3.63, 3.8) is 0 Å². The second-order valence-corrected chi connectivity index (χ2v) is 7.54. The average molecular weight is 439 g/mol. The van der Waals surface area contributed by atoms with Crippen molar-refractivity contribution in [2.45, 2.75) is 38.7 Å². The highest BCUT2D eigenvalue weighted by Crippen LogP contribution is 2.13. The fraction of sp³-hybridized carbons (Fsp3) is 0.455. The first-order chi connectivity index (χ1) is 14.4. The molecule has 8 heteroatoms. The summed E-state index contributed by atoms with van der Waals surface area (Å²) in [6.07, 6.45) is 2.14.